The van der Waals surface area contributed by atoms with E-state index in [9.17, 15) is 5.11 Å². The highest BCUT2D eigenvalue weighted by Crippen LogP contribution is 2.28. The van der Waals surface area contributed by atoms with Crippen LogP contribution < -0.4 is 0 Å². The number of aliphatic hydroxyl groups is 1. The van der Waals surface area contributed by atoms with Gasteiger partial charge in [-0.25, -0.2) is 0 Å². The third-order valence-electron chi connectivity index (χ3n) is 3.59. The maximum Gasteiger partial charge on any atom is 0.137 e. The molecule has 0 aliphatic rings. The smallest absolute Gasteiger partial charge is 0.137 e. The van der Waals surface area contributed by atoms with Crippen LogP contribution in [0, 0.1) is 0 Å². The number of hydrogen-bond acceptors (Lipinski definition) is 2. The van der Waals surface area contributed by atoms with Gasteiger partial charge in [0.2, 0.25) is 0 Å². The molecule has 0 fully saturated rings. The highest BCUT2D eigenvalue weighted by molar-refractivity contribution is 5.37. The van der Waals surface area contributed by atoms with E-state index < -0.39 is 6.10 Å². The van der Waals surface area contributed by atoms with Crippen molar-refractivity contribution in [2.45, 2.75) is 46.1 Å². The van der Waals surface area contributed by atoms with Crippen molar-refractivity contribution in [3.05, 3.63) is 58.5 Å². The summed E-state index contributed by atoms with van der Waals surface area (Å²) in [6.45, 7) is 6.28. The Morgan fingerprint density at radius 2 is 1.79 bits per heavy atom. The molecule has 19 heavy (non-hydrogen) atoms. The average Bonchev–Trinajstić information content (AvgIpc) is 2.94. The van der Waals surface area contributed by atoms with E-state index in [0.29, 0.717) is 5.76 Å². The molecule has 2 heteroatoms. The zero-order valence-corrected chi connectivity index (χ0v) is 11.9. The molecule has 0 saturated carbocycles. The standard InChI is InChI=1S/C17H22O2/c1-4-12-7-8-13(5-2)15(11-12)17(18)16-10-9-14(6-3)19-16/h7-11,17-18H,4-6H2,1-3H3. The van der Waals surface area contributed by atoms with E-state index in [4.69, 9.17) is 4.42 Å². The van der Waals surface area contributed by atoms with E-state index >= 15 is 0 Å². The average molecular weight is 258 g/mol. The number of rotatable bonds is 5. The van der Waals surface area contributed by atoms with E-state index in [1.807, 2.05) is 19.1 Å². The van der Waals surface area contributed by atoms with Gasteiger partial charge in [0.15, 0.2) is 0 Å². The molecule has 0 saturated heterocycles. The lowest BCUT2D eigenvalue weighted by molar-refractivity contribution is 0.186. The summed E-state index contributed by atoms with van der Waals surface area (Å²) in [5.74, 6) is 1.55. The molecule has 1 heterocycles. The monoisotopic (exact) mass is 258 g/mol. The lowest BCUT2D eigenvalue weighted by Crippen LogP contribution is -2.03. The SMILES string of the molecule is CCc1ccc(CC)c(C(O)c2ccc(CC)o2)c1. The molecule has 2 aromatic rings. The first kappa shape index (κ1) is 13.9. The molecule has 0 radical (unpaired) electrons. The van der Waals surface area contributed by atoms with Gasteiger partial charge in [-0.15, -0.1) is 0 Å². The van der Waals surface area contributed by atoms with E-state index in [-0.39, 0.29) is 0 Å². The largest absolute Gasteiger partial charge is 0.463 e. The molecule has 2 rings (SSSR count). The molecule has 2 nitrogen and oxygen atoms in total. The summed E-state index contributed by atoms with van der Waals surface area (Å²) in [6.07, 6.45) is 2.07. The van der Waals surface area contributed by atoms with Crippen LogP contribution in [0.15, 0.2) is 34.7 Å². The van der Waals surface area contributed by atoms with Gasteiger partial charge in [-0.2, -0.15) is 0 Å². The minimum Gasteiger partial charge on any atom is -0.463 e. The van der Waals surface area contributed by atoms with Gasteiger partial charge in [0.25, 0.3) is 0 Å². The second-order valence-corrected chi connectivity index (χ2v) is 4.80. The van der Waals surface area contributed by atoms with Crippen molar-refractivity contribution in [1.82, 2.24) is 0 Å². The molecule has 1 atom stereocenters. The van der Waals surface area contributed by atoms with Crippen molar-refractivity contribution in [3.8, 4) is 0 Å². The van der Waals surface area contributed by atoms with E-state index in [0.717, 1.165) is 30.6 Å². The van der Waals surface area contributed by atoms with Crippen LogP contribution in [0.5, 0.6) is 0 Å². The van der Waals surface area contributed by atoms with Crippen molar-refractivity contribution in [3.63, 3.8) is 0 Å². The summed E-state index contributed by atoms with van der Waals surface area (Å²) < 4.78 is 5.67. The Kier molecular flexibility index (Phi) is 4.43. The fourth-order valence-corrected chi connectivity index (χ4v) is 2.33. The van der Waals surface area contributed by atoms with Gasteiger partial charge >= 0.3 is 0 Å². The van der Waals surface area contributed by atoms with Crippen molar-refractivity contribution in [1.29, 1.82) is 0 Å². The van der Waals surface area contributed by atoms with Crippen LogP contribution >= 0.6 is 0 Å². The van der Waals surface area contributed by atoms with Crippen LogP contribution in [0.1, 0.15) is 55.1 Å². The summed E-state index contributed by atoms with van der Waals surface area (Å²) in [4.78, 5) is 0. The van der Waals surface area contributed by atoms with Gasteiger partial charge < -0.3 is 9.52 Å². The van der Waals surface area contributed by atoms with Crippen LogP contribution in [0.4, 0.5) is 0 Å². The highest BCUT2D eigenvalue weighted by Gasteiger charge is 2.17. The molecule has 1 aromatic heterocycles. The quantitative estimate of drug-likeness (QED) is 0.877. The number of benzene rings is 1. The molecule has 0 amide bonds. The Morgan fingerprint density at radius 3 is 2.37 bits per heavy atom. The van der Waals surface area contributed by atoms with Crippen LogP contribution in [0.25, 0.3) is 0 Å². The third kappa shape index (κ3) is 2.90. The zero-order chi connectivity index (χ0) is 13.8. The van der Waals surface area contributed by atoms with Gasteiger partial charge in [0.05, 0.1) is 0 Å². The van der Waals surface area contributed by atoms with E-state index in [1.54, 1.807) is 0 Å². The topological polar surface area (TPSA) is 33.4 Å². The van der Waals surface area contributed by atoms with E-state index in [2.05, 4.69) is 32.0 Å². The second kappa shape index (κ2) is 6.07. The number of aliphatic hydroxyl groups excluding tert-OH is 1. The molecule has 1 aromatic carbocycles. The highest BCUT2D eigenvalue weighted by atomic mass is 16.4. The van der Waals surface area contributed by atoms with Crippen LogP contribution in [-0.2, 0) is 19.3 Å². The first-order valence-electron chi connectivity index (χ1n) is 7.07. The van der Waals surface area contributed by atoms with E-state index in [1.165, 1.54) is 11.1 Å². The summed E-state index contributed by atoms with van der Waals surface area (Å²) in [7, 11) is 0. The minimum atomic E-state index is -0.665. The first-order chi connectivity index (χ1) is 9.19. The maximum absolute atomic E-state index is 10.5. The second-order valence-electron chi connectivity index (χ2n) is 4.80. The normalized spacial score (nSPS) is 12.6. The molecule has 1 unspecified atom stereocenters. The minimum absolute atomic E-state index is 0.639. The summed E-state index contributed by atoms with van der Waals surface area (Å²) in [6, 6.07) is 10.2. The molecule has 0 spiro atoms. The lowest BCUT2D eigenvalue weighted by atomic mass is 9.96. The summed E-state index contributed by atoms with van der Waals surface area (Å²) >= 11 is 0. The van der Waals surface area contributed by atoms with Crippen LogP contribution in [0.3, 0.4) is 0 Å². The molecule has 0 bridgehead atoms. The Morgan fingerprint density at radius 1 is 1.00 bits per heavy atom. The first-order valence-corrected chi connectivity index (χ1v) is 7.07. The predicted octanol–water partition coefficient (Wildman–Crippen LogP) is 4.05. The van der Waals surface area contributed by atoms with Crippen molar-refractivity contribution in [2.24, 2.45) is 0 Å². The van der Waals surface area contributed by atoms with Crippen molar-refractivity contribution in [2.75, 3.05) is 0 Å². The fourth-order valence-electron chi connectivity index (χ4n) is 2.33. The third-order valence-corrected chi connectivity index (χ3v) is 3.59. The lowest BCUT2D eigenvalue weighted by Gasteiger charge is -2.14. The summed E-state index contributed by atoms with van der Waals surface area (Å²) in [5, 5.41) is 10.5. The molecular formula is C17H22O2. The molecule has 102 valence electrons. The number of furan rings is 1. The van der Waals surface area contributed by atoms with Gasteiger partial charge in [-0.3, -0.25) is 0 Å². The Bertz CT molecular complexity index is 540. The number of hydrogen-bond donors (Lipinski definition) is 1. The molecular weight excluding hydrogens is 236 g/mol. The van der Waals surface area contributed by atoms with Crippen LogP contribution in [-0.4, -0.2) is 5.11 Å². The van der Waals surface area contributed by atoms with Crippen molar-refractivity contribution < 1.29 is 9.52 Å². The van der Waals surface area contributed by atoms with Gasteiger partial charge in [0, 0.05) is 6.42 Å². The maximum atomic E-state index is 10.5. The number of aryl methyl sites for hydroxylation is 3. The Hall–Kier alpha value is -1.54. The molecule has 0 aliphatic carbocycles. The zero-order valence-electron chi connectivity index (χ0n) is 11.9. The predicted molar refractivity (Wildman–Crippen MR) is 77.3 cm³/mol. The molecule has 1 N–H and O–H groups in total. The van der Waals surface area contributed by atoms with Gasteiger partial charge in [0.1, 0.15) is 17.6 Å². The Balaban J connectivity index is 2.38. The molecule has 0 aliphatic heterocycles. The van der Waals surface area contributed by atoms with Gasteiger partial charge in [-0.1, -0.05) is 39.0 Å². The fraction of sp³-hybridized carbons (Fsp3) is 0.412. The van der Waals surface area contributed by atoms with Crippen molar-refractivity contribution >= 4 is 0 Å². The summed E-state index contributed by atoms with van der Waals surface area (Å²) in [5.41, 5.74) is 3.39. The Labute approximate surface area is 115 Å². The van der Waals surface area contributed by atoms with Crippen LogP contribution in [0.2, 0.25) is 0 Å². The van der Waals surface area contributed by atoms with Gasteiger partial charge in [-0.05, 0) is 41.7 Å².